The zero-order chi connectivity index (χ0) is 47.6. The van der Waals surface area contributed by atoms with Crippen LogP contribution in [0.1, 0.15) is 152 Å². The predicted molar refractivity (Wildman–Crippen MR) is 271 cm³/mol. The first-order chi connectivity index (χ1) is 31.0. The standard InChI is InChI=1S/C58H74N4O4/c1-55(2,3)41-24-16-37(17-25-41)51(38-18-26-42(27-19-38)56(4,5)6)49-33-47(35-59-49)65-53(63)61-45-14-13-15-46(32-45)62-54(64)66-48-34-50(60-36-48)52(39-20-28-43(29-21-39)57(7,8)9)40-22-30-44(31-23-40)58(10,11)12/h13-32,47-52,59-60H,33-36H2,1-12H3,(H,61,63)(H,62,64)/t47-,48-,49-,50?/m1/s1. The molecule has 2 amide bonds. The highest BCUT2D eigenvalue weighted by Gasteiger charge is 2.36. The minimum atomic E-state index is -0.540. The van der Waals surface area contributed by atoms with Gasteiger partial charge in [-0.15, -0.1) is 0 Å². The second-order valence-corrected chi connectivity index (χ2v) is 22.8. The Morgan fingerprint density at radius 3 is 0.985 bits per heavy atom. The molecule has 8 nitrogen and oxygen atoms in total. The molecule has 2 aliphatic rings. The fourth-order valence-corrected chi connectivity index (χ4v) is 9.50. The minimum absolute atomic E-state index is 0.0574. The van der Waals surface area contributed by atoms with Crippen molar-refractivity contribution in [1.82, 2.24) is 10.6 Å². The summed E-state index contributed by atoms with van der Waals surface area (Å²) in [6.07, 6.45) is -0.379. The molecule has 350 valence electrons. The fourth-order valence-electron chi connectivity index (χ4n) is 9.50. The smallest absolute Gasteiger partial charge is 0.411 e. The Bertz CT molecular complexity index is 2130. The third-order valence-electron chi connectivity index (χ3n) is 13.5. The van der Waals surface area contributed by atoms with E-state index < -0.39 is 12.2 Å². The van der Waals surface area contributed by atoms with E-state index in [9.17, 15) is 9.59 Å². The molecule has 4 N–H and O–H groups in total. The second kappa shape index (κ2) is 19.4. The summed E-state index contributed by atoms with van der Waals surface area (Å²) in [7, 11) is 0. The molecule has 5 aromatic carbocycles. The van der Waals surface area contributed by atoms with Gasteiger partial charge < -0.3 is 20.1 Å². The van der Waals surface area contributed by atoms with Gasteiger partial charge in [-0.05, 0) is 84.4 Å². The maximum Gasteiger partial charge on any atom is 0.411 e. The molecule has 0 radical (unpaired) electrons. The predicted octanol–water partition coefficient (Wildman–Crippen LogP) is 13.1. The topological polar surface area (TPSA) is 101 Å². The lowest BCUT2D eigenvalue weighted by atomic mass is 9.80. The van der Waals surface area contributed by atoms with Crippen LogP contribution in [0, 0.1) is 0 Å². The van der Waals surface area contributed by atoms with Crippen molar-refractivity contribution in [2.24, 2.45) is 0 Å². The lowest BCUT2D eigenvalue weighted by molar-refractivity contribution is 0.118. The molecular formula is C58H74N4O4. The minimum Gasteiger partial charge on any atom is -0.445 e. The quantitative estimate of drug-likeness (QED) is 0.111. The molecule has 0 aliphatic carbocycles. The number of nitrogens with one attached hydrogen (secondary N) is 4. The number of anilines is 2. The van der Waals surface area contributed by atoms with Crippen LogP contribution in [0.15, 0.2) is 121 Å². The van der Waals surface area contributed by atoms with Gasteiger partial charge in [0.15, 0.2) is 0 Å². The first-order valence-electron chi connectivity index (χ1n) is 24.0. The Labute approximate surface area is 395 Å². The molecule has 2 heterocycles. The fraction of sp³-hybridized carbons (Fsp3) is 0.448. The zero-order valence-corrected chi connectivity index (χ0v) is 41.5. The number of hydrogen-bond donors (Lipinski definition) is 4. The monoisotopic (exact) mass is 891 g/mol. The van der Waals surface area contributed by atoms with Crippen LogP contribution < -0.4 is 21.3 Å². The summed E-state index contributed by atoms with van der Waals surface area (Å²) < 4.78 is 12.0. The lowest BCUT2D eigenvalue weighted by Gasteiger charge is -2.27. The zero-order valence-electron chi connectivity index (χ0n) is 41.5. The van der Waals surface area contributed by atoms with Gasteiger partial charge in [0.05, 0.1) is 0 Å². The van der Waals surface area contributed by atoms with Gasteiger partial charge in [0.1, 0.15) is 12.2 Å². The summed E-state index contributed by atoms with van der Waals surface area (Å²) in [4.78, 5) is 26.7. The van der Waals surface area contributed by atoms with E-state index in [1.807, 2.05) is 0 Å². The van der Waals surface area contributed by atoms with Crippen molar-refractivity contribution < 1.29 is 19.1 Å². The normalized spacial score (nSPS) is 19.2. The maximum atomic E-state index is 13.3. The summed E-state index contributed by atoms with van der Waals surface area (Å²) in [6, 6.07) is 43.1. The van der Waals surface area contributed by atoms with Crippen molar-refractivity contribution in [3.05, 3.63) is 166 Å². The highest BCUT2D eigenvalue weighted by Crippen LogP contribution is 2.38. The molecule has 7 rings (SSSR count). The molecule has 5 aromatic rings. The van der Waals surface area contributed by atoms with Gasteiger partial charge in [-0.3, -0.25) is 10.6 Å². The van der Waals surface area contributed by atoms with Crippen LogP contribution in [0.25, 0.3) is 0 Å². The Kier molecular flexibility index (Phi) is 14.3. The van der Waals surface area contributed by atoms with Crippen molar-refractivity contribution in [3.8, 4) is 0 Å². The van der Waals surface area contributed by atoms with Crippen LogP contribution in [0.4, 0.5) is 21.0 Å². The van der Waals surface area contributed by atoms with Crippen LogP contribution >= 0.6 is 0 Å². The van der Waals surface area contributed by atoms with E-state index in [2.05, 4.69) is 201 Å². The lowest BCUT2D eigenvalue weighted by Crippen LogP contribution is -2.30. The Morgan fingerprint density at radius 2 is 0.727 bits per heavy atom. The van der Waals surface area contributed by atoms with Crippen molar-refractivity contribution in [1.29, 1.82) is 0 Å². The third-order valence-corrected chi connectivity index (χ3v) is 13.5. The number of carbonyl (C=O) groups is 2. The summed E-state index contributed by atoms with van der Waals surface area (Å²) in [5.74, 6) is 0.159. The highest BCUT2D eigenvalue weighted by molar-refractivity contribution is 5.89. The number of carbonyl (C=O) groups excluding carboxylic acids is 2. The first-order valence-corrected chi connectivity index (χ1v) is 24.0. The van der Waals surface area contributed by atoms with Crippen LogP contribution in [0.2, 0.25) is 0 Å². The van der Waals surface area contributed by atoms with Gasteiger partial charge >= 0.3 is 12.2 Å². The SMILES string of the molecule is CC(C)(C)c1ccc(C(c2ccc(C(C)(C)C)cc2)C2C[C@@H](OC(=O)Nc3cccc(NC(=O)O[C@H]4CN[C@@H](C(c5ccc(C(C)(C)C)cc5)c5ccc(C(C)(C)C)cc5)C4)c3)CN2)cc1. The third kappa shape index (κ3) is 12.1. The van der Waals surface area contributed by atoms with E-state index in [-0.39, 0.29) is 57.8 Å². The number of ether oxygens (including phenoxy) is 2. The summed E-state index contributed by atoms with van der Waals surface area (Å²) >= 11 is 0. The van der Waals surface area contributed by atoms with Crippen molar-refractivity contribution >= 4 is 23.6 Å². The molecule has 0 aromatic heterocycles. The van der Waals surface area contributed by atoms with E-state index in [1.165, 1.54) is 44.5 Å². The van der Waals surface area contributed by atoms with Crippen molar-refractivity contribution in [3.63, 3.8) is 0 Å². The molecule has 2 fully saturated rings. The van der Waals surface area contributed by atoms with Gasteiger partial charge in [0, 0.05) is 61.2 Å². The molecule has 2 saturated heterocycles. The number of amides is 2. The van der Waals surface area contributed by atoms with Gasteiger partial charge in [0.2, 0.25) is 0 Å². The average molecular weight is 891 g/mol. The van der Waals surface area contributed by atoms with Crippen LogP contribution in [0.5, 0.6) is 0 Å². The first kappa shape index (κ1) is 48.5. The van der Waals surface area contributed by atoms with E-state index in [0.29, 0.717) is 37.3 Å². The van der Waals surface area contributed by atoms with E-state index in [4.69, 9.17) is 9.47 Å². The molecule has 4 atom stereocenters. The van der Waals surface area contributed by atoms with Crippen LogP contribution in [-0.2, 0) is 31.1 Å². The summed E-state index contributed by atoms with van der Waals surface area (Å²) in [5.41, 5.74) is 11.3. The van der Waals surface area contributed by atoms with Crippen molar-refractivity contribution in [2.45, 2.75) is 154 Å². The molecule has 1 unspecified atom stereocenters. The Hall–Kier alpha value is -5.44. The largest absolute Gasteiger partial charge is 0.445 e. The molecule has 2 aliphatic heterocycles. The molecule has 0 spiro atoms. The van der Waals surface area contributed by atoms with Gasteiger partial charge in [-0.2, -0.15) is 0 Å². The van der Waals surface area contributed by atoms with Crippen molar-refractivity contribution in [2.75, 3.05) is 23.7 Å². The van der Waals surface area contributed by atoms with Gasteiger partial charge in [0.25, 0.3) is 0 Å². The molecule has 0 bridgehead atoms. The second-order valence-electron chi connectivity index (χ2n) is 22.8. The Morgan fingerprint density at radius 1 is 0.455 bits per heavy atom. The molecular weight excluding hydrogens is 817 g/mol. The van der Waals surface area contributed by atoms with E-state index >= 15 is 0 Å². The number of hydrogen-bond acceptors (Lipinski definition) is 6. The molecule has 8 heteroatoms. The molecule has 0 saturated carbocycles. The van der Waals surface area contributed by atoms with Gasteiger partial charge in [-0.1, -0.05) is 186 Å². The molecule has 66 heavy (non-hydrogen) atoms. The summed E-state index contributed by atoms with van der Waals surface area (Å²) in [5, 5.41) is 13.2. The number of rotatable bonds is 10. The van der Waals surface area contributed by atoms with E-state index in [1.54, 1.807) is 24.3 Å². The highest BCUT2D eigenvalue weighted by atomic mass is 16.6. The van der Waals surface area contributed by atoms with Gasteiger partial charge in [-0.25, -0.2) is 9.59 Å². The number of benzene rings is 5. The van der Waals surface area contributed by atoms with Crippen LogP contribution in [-0.4, -0.2) is 49.6 Å². The Balaban J connectivity index is 0.957. The maximum absolute atomic E-state index is 13.3. The average Bonchev–Trinajstić information content (AvgIpc) is 3.90. The summed E-state index contributed by atoms with van der Waals surface area (Å²) in [6.45, 7) is 27.9. The van der Waals surface area contributed by atoms with Crippen LogP contribution in [0.3, 0.4) is 0 Å². The van der Waals surface area contributed by atoms with E-state index in [0.717, 1.165) is 0 Å².